The molecule has 1 aliphatic heterocycles. The summed E-state index contributed by atoms with van der Waals surface area (Å²) in [4.78, 5) is 18.1. The number of para-hydroxylation sites is 1. The summed E-state index contributed by atoms with van der Waals surface area (Å²) in [6.07, 6.45) is 0. The van der Waals surface area contributed by atoms with E-state index in [0.29, 0.717) is 29.1 Å². The van der Waals surface area contributed by atoms with Crippen LogP contribution in [-0.2, 0) is 11.3 Å². The molecule has 178 valence electrons. The number of pyridine rings is 1. The van der Waals surface area contributed by atoms with E-state index in [2.05, 4.69) is 20.8 Å². The lowest BCUT2D eigenvalue weighted by molar-refractivity contribution is -0.124. The van der Waals surface area contributed by atoms with Gasteiger partial charge in [0.25, 0.3) is 0 Å². The van der Waals surface area contributed by atoms with Gasteiger partial charge in [-0.2, -0.15) is 4.98 Å². The first-order chi connectivity index (χ1) is 17.0. The average Bonchev–Trinajstić information content (AvgIpc) is 3.39. The number of carbonyl (C=O) groups is 1. The van der Waals surface area contributed by atoms with E-state index in [0.717, 1.165) is 22.4 Å². The fraction of sp³-hybridized carbons (Fsp3) is 0.231. The first kappa shape index (κ1) is 22.8. The maximum Gasteiger partial charge on any atom is 0.232 e. The van der Waals surface area contributed by atoms with Gasteiger partial charge in [0.05, 0.1) is 12.5 Å². The van der Waals surface area contributed by atoms with Gasteiger partial charge in [-0.3, -0.25) is 4.79 Å². The Morgan fingerprint density at radius 3 is 2.63 bits per heavy atom. The molecule has 8 nitrogen and oxygen atoms in total. The summed E-state index contributed by atoms with van der Waals surface area (Å²) in [5.74, 6) is 2.28. The lowest BCUT2D eigenvalue weighted by Crippen LogP contribution is -2.38. The number of hydrogen-bond acceptors (Lipinski definition) is 8. The second kappa shape index (κ2) is 9.34. The van der Waals surface area contributed by atoms with Crippen molar-refractivity contribution in [2.45, 2.75) is 26.3 Å². The molecule has 0 saturated carbocycles. The highest BCUT2D eigenvalue weighted by atomic mass is 32.1. The first-order valence-electron chi connectivity index (χ1n) is 11.2. The van der Waals surface area contributed by atoms with E-state index >= 15 is 0 Å². The molecular formula is C26H25N5O3S. The van der Waals surface area contributed by atoms with Gasteiger partial charge in [-0.1, -0.05) is 55.5 Å². The van der Waals surface area contributed by atoms with Crippen molar-refractivity contribution in [1.29, 1.82) is 0 Å². The third kappa shape index (κ3) is 4.54. The van der Waals surface area contributed by atoms with Crippen molar-refractivity contribution in [2.75, 3.05) is 17.7 Å². The Kier molecular flexibility index (Phi) is 6.08. The van der Waals surface area contributed by atoms with Crippen molar-refractivity contribution >= 4 is 28.2 Å². The molecule has 0 radical (unpaired) electrons. The SMILES string of the molecule is COc1ccc(CNc2ccc3c(n2)Oc2ccccc2[C@@H]3C(C)(C)C(=O)Nc2nncs2)cc1. The summed E-state index contributed by atoms with van der Waals surface area (Å²) >= 11 is 1.29. The number of aromatic nitrogens is 3. The Labute approximate surface area is 207 Å². The molecule has 0 unspecified atom stereocenters. The van der Waals surface area contributed by atoms with Crippen LogP contribution in [0.3, 0.4) is 0 Å². The maximum atomic E-state index is 13.4. The van der Waals surface area contributed by atoms with Gasteiger partial charge < -0.3 is 20.1 Å². The first-order valence-corrected chi connectivity index (χ1v) is 12.1. The van der Waals surface area contributed by atoms with Gasteiger partial charge >= 0.3 is 0 Å². The number of fused-ring (bicyclic) bond motifs is 2. The standard InChI is InChI=1S/C26H25N5O3S/c1-26(2,24(32)30-25-31-28-15-35-25)22-18-6-4-5-7-20(18)34-23-19(22)12-13-21(29-23)27-14-16-8-10-17(33-3)11-9-16/h4-13,15,22H,14H2,1-3H3,(H,27,29)(H,30,31,32)/t22-/m0/s1. The molecule has 1 atom stereocenters. The smallest absolute Gasteiger partial charge is 0.232 e. The van der Waals surface area contributed by atoms with Crippen LogP contribution in [-0.4, -0.2) is 28.2 Å². The predicted molar refractivity (Wildman–Crippen MR) is 135 cm³/mol. The molecule has 2 N–H and O–H groups in total. The lowest BCUT2D eigenvalue weighted by Gasteiger charge is -2.37. The fourth-order valence-corrected chi connectivity index (χ4v) is 4.71. The maximum absolute atomic E-state index is 13.4. The second-order valence-electron chi connectivity index (χ2n) is 8.79. The Morgan fingerprint density at radius 1 is 1.09 bits per heavy atom. The number of rotatable bonds is 7. The quantitative estimate of drug-likeness (QED) is 0.357. The average molecular weight is 488 g/mol. The zero-order chi connectivity index (χ0) is 24.4. The minimum atomic E-state index is -0.819. The van der Waals surface area contributed by atoms with Crippen LogP contribution in [0.25, 0.3) is 0 Å². The third-order valence-corrected chi connectivity index (χ3v) is 6.76. The van der Waals surface area contributed by atoms with Crippen LogP contribution in [0.2, 0.25) is 0 Å². The molecule has 1 amide bonds. The molecule has 0 aliphatic carbocycles. The molecule has 0 bridgehead atoms. The summed E-state index contributed by atoms with van der Waals surface area (Å²) in [6.45, 7) is 4.46. The van der Waals surface area contributed by atoms with Gasteiger partial charge in [0.2, 0.25) is 16.9 Å². The van der Waals surface area contributed by atoms with E-state index in [4.69, 9.17) is 14.5 Å². The number of nitrogens with one attached hydrogen (secondary N) is 2. The van der Waals surface area contributed by atoms with Gasteiger partial charge in [-0.05, 0) is 35.9 Å². The normalized spacial score (nSPS) is 14.3. The zero-order valence-corrected chi connectivity index (χ0v) is 20.4. The summed E-state index contributed by atoms with van der Waals surface area (Å²) in [5, 5.41) is 14.5. The molecule has 0 spiro atoms. The minimum Gasteiger partial charge on any atom is -0.497 e. The van der Waals surface area contributed by atoms with E-state index in [1.54, 1.807) is 12.6 Å². The second-order valence-corrected chi connectivity index (χ2v) is 9.62. The van der Waals surface area contributed by atoms with Gasteiger partial charge in [-0.25, -0.2) is 0 Å². The van der Waals surface area contributed by atoms with Crippen molar-refractivity contribution < 1.29 is 14.3 Å². The molecule has 3 heterocycles. The van der Waals surface area contributed by atoms with Crippen LogP contribution in [0.5, 0.6) is 17.4 Å². The Hall–Kier alpha value is -3.98. The van der Waals surface area contributed by atoms with E-state index in [-0.39, 0.29) is 11.8 Å². The zero-order valence-electron chi connectivity index (χ0n) is 19.6. The van der Waals surface area contributed by atoms with E-state index in [1.165, 1.54) is 11.3 Å². The highest BCUT2D eigenvalue weighted by molar-refractivity contribution is 7.13. The Balaban J connectivity index is 1.44. The Bertz CT molecular complexity index is 1340. The van der Waals surface area contributed by atoms with E-state index in [1.807, 2.05) is 74.5 Å². The molecule has 2 aromatic heterocycles. The minimum absolute atomic E-state index is 0.149. The Morgan fingerprint density at radius 2 is 1.89 bits per heavy atom. The van der Waals surface area contributed by atoms with Crippen LogP contribution in [0, 0.1) is 5.41 Å². The van der Waals surface area contributed by atoms with Gasteiger partial charge in [0.1, 0.15) is 22.8 Å². The monoisotopic (exact) mass is 487 g/mol. The number of benzene rings is 2. The summed E-state index contributed by atoms with van der Waals surface area (Å²) in [7, 11) is 1.65. The fourth-order valence-electron chi connectivity index (χ4n) is 4.27. The van der Waals surface area contributed by atoms with Crippen LogP contribution in [0.15, 0.2) is 66.2 Å². The molecule has 1 aliphatic rings. The number of carbonyl (C=O) groups excluding carboxylic acids is 1. The van der Waals surface area contributed by atoms with Gasteiger partial charge in [0.15, 0.2) is 0 Å². The number of methoxy groups -OCH3 is 1. The largest absolute Gasteiger partial charge is 0.497 e. The molecule has 9 heteroatoms. The molecular weight excluding hydrogens is 462 g/mol. The van der Waals surface area contributed by atoms with E-state index in [9.17, 15) is 4.79 Å². The molecule has 4 aromatic rings. The topological polar surface area (TPSA) is 98.3 Å². The van der Waals surface area contributed by atoms with Crippen molar-refractivity contribution in [3.63, 3.8) is 0 Å². The third-order valence-electron chi connectivity index (χ3n) is 6.16. The summed E-state index contributed by atoms with van der Waals surface area (Å²) < 4.78 is 11.4. The summed E-state index contributed by atoms with van der Waals surface area (Å²) in [5.41, 5.74) is 3.67. The van der Waals surface area contributed by atoms with Gasteiger partial charge in [0, 0.05) is 23.6 Å². The van der Waals surface area contributed by atoms with Crippen molar-refractivity contribution in [3.05, 3.63) is 82.9 Å². The van der Waals surface area contributed by atoms with Crippen molar-refractivity contribution in [1.82, 2.24) is 15.2 Å². The highest BCUT2D eigenvalue weighted by Crippen LogP contribution is 2.51. The van der Waals surface area contributed by atoms with Crippen molar-refractivity contribution in [3.8, 4) is 17.4 Å². The van der Waals surface area contributed by atoms with Crippen LogP contribution < -0.4 is 20.1 Å². The highest BCUT2D eigenvalue weighted by Gasteiger charge is 2.44. The number of anilines is 2. The van der Waals surface area contributed by atoms with Gasteiger partial charge in [-0.15, -0.1) is 10.2 Å². The summed E-state index contributed by atoms with van der Waals surface area (Å²) in [6, 6.07) is 19.6. The molecule has 35 heavy (non-hydrogen) atoms. The number of ether oxygens (including phenoxy) is 2. The number of amides is 1. The number of hydrogen-bond donors (Lipinski definition) is 2. The molecule has 0 fully saturated rings. The lowest BCUT2D eigenvalue weighted by atomic mass is 9.70. The van der Waals surface area contributed by atoms with Crippen LogP contribution in [0.4, 0.5) is 10.9 Å². The van der Waals surface area contributed by atoms with Crippen LogP contribution >= 0.6 is 11.3 Å². The van der Waals surface area contributed by atoms with Crippen molar-refractivity contribution in [2.24, 2.45) is 5.41 Å². The molecule has 0 saturated heterocycles. The van der Waals surface area contributed by atoms with Crippen LogP contribution in [0.1, 0.15) is 36.5 Å². The molecule has 5 rings (SSSR count). The number of nitrogens with zero attached hydrogens (tertiary/aromatic N) is 3. The molecule has 2 aromatic carbocycles. The van der Waals surface area contributed by atoms with E-state index < -0.39 is 5.41 Å². The predicted octanol–water partition coefficient (Wildman–Crippen LogP) is 5.46.